The number of hydrogen-bond donors (Lipinski definition) is 0. The highest BCUT2D eigenvalue weighted by atomic mass is 35.5. The van der Waals surface area contributed by atoms with Crippen LogP contribution in [-0.2, 0) is 24.3 Å². The van der Waals surface area contributed by atoms with Crippen molar-refractivity contribution in [3.63, 3.8) is 0 Å². The lowest BCUT2D eigenvalue weighted by Gasteiger charge is -2.28. The van der Waals surface area contributed by atoms with Gasteiger partial charge in [-0.1, -0.05) is 23.2 Å². The Hall–Kier alpha value is -3.31. The Kier molecular flexibility index (Phi) is 8.20. The first-order valence-corrected chi connectivity index (χ1v) is 15.2. The smallest absolute Gasteiger partial charge is 0.327 e. The van der Waals surface area contributed by atoms with Gasteiger partial charge in [0.25, 0.3) is 10.0 Å². The molecule has 9 nitrogen and oxygen atoms in total. The van der Waals surface area contributed by atoms with Crippen molar-refractivity contribution in [2.75, 3.05) is 42.1 Å². The maximum atomic E-state index is 13.8. The number of fused-ring (bicyclic) bond motifs is 1. The number of carbonyl (C=O) groups is 1. The van der Waals surface area contributed by atoms with Gasteiger partial charge in [-0.05, 0) is 75.4 Å². The molecule has 0 atom stereocenters. The van der Waals surface area contributed by atoms with Gasteiger partial charge in [-0.2, -0.15) is 0 Å². The average Bonchev–Trinajstić information content (AvgIpc) is 3.34. The van der Waals surface area contributed by atoms with Gasteiger partial charge in [-0.15, -0.1) is 0 Å². The number of benzene rings is 2. The summed E-state index contributed by atoms with van der Waals surface area (Å²) in [5, 5.41) is 1.08. The molecule has 0 aliphatic carbocycles. The van der Waals surface area contributed by atoms with Crippen LogP contribution < -0.4 is 9.21 Å². The minimum absolute atomic E-state index is 0.138. The van der Waals surface area contributed by atoms with E-state index in [0.29, 0.717) is 13.2 Å². The second kappa shape index (κ2) is 11.5. The van der Waals surface area contributed by atoms with Gasteiger partial charge in [-0.25, -0.2) is 13.4 Å². The van der Waals surface area contributed by atoms with Crippen LogP contribution in [-0.4, -0.2) is 62.4 Å². The van der Waals surface area contributed by atoms with Crippen LogP contribution in [0, 0.1) is 0 Å². The second-order valence-electron chi connectivity index (χ2n) is 10.6. The zero-order chi connectivity index (χ0) is 29.4. The van der Waals surface area contributed by atoms with Gasteiger partial charge in [0.2, 0.25) is 0 Å². The van der Waals surface area contributed by atoms with Crippen LogP contribution in [0.5, 0.6) is 0 Å². The standard InChI is InChI=1S/C29H30Cl2N4O5S/c1-29(2,3)40-28(36)19-35(41(37,38)25-16-21(30)15-22(31)17-25)23-4-6-26-20(14-23)8-9-34(26)27-7-5-24(18-32-27)33-10-12-39-13-11-33/h4-9,14-18H,10-13,19H2,1-3H3. The van der Waals surface area contributed by atoms with Crippen LogP contribution in [0.1, 0.15) is 20.8 Å². The Bertz CT molecular complexity index is 1660. The first-order chi connectivity index (χ1) is 19.4. The van der Waals surface area contributed by atoms with Crippen molar-refractivity contribution >= 4 is 61.5 Å². The Balaban J connectivity index is 1.50. The van der Waals surface area contributed by atoms with E-state index >= 15 is 0 Å². The molecule has 0 unspecified atom stereocenters. The van der Waals surface area contributed by atoms with Crippen LogP contribution in [0.3, 0.4) is 0 Å². The normalized spacial score (nSPS) is 14.3. The molecule has 41 heavy (non-hydrogen) atoms. The number of anilines is 2. The number of halogens is 2. The Morgan fingerprint density at radius 1 is 1.02 bits per heavy atom. The second-order valence-corrected chi connectivity index (χ2v) is 13.3. The summed E-state index contributed by atoms with van der Waals surface area (Å²) in [4.78, 5) is 19.6. The summed E-state index contributed by atoms with van der Waals surface area (Å²) in [7, 11) is -4.25. The number of nitrogens with zero attached hydrogens (tertiary/aromatic N) is 4. The van der Waals surface area contributed by atoms with Crippen LogP contribution in [0.25, 0.3) is 16.7 Å². The van der Waals surface area contributed by atoms with Gasteiger partial charge in [0.1, 0.15) is 18.0 Å². The van der Waals surface area contributed by atoms with E-state index < -0.39 is 28.1 Å². The molecule has 0 amide bonds. The quantitative estimate of drug-likeness (QED) is 0.246. The monoisotopic (exact) mass is 616 g/mol. The summed E-state index contributed by atoms with van der Waals surface area (Å²) in [5.41, 5.74) is 1.34. The summed E-state index contributed by atoms with van der Waals surface area (Å²) in [6.07, 6.45) is 3.71. The van der Waals surface area contributed by atoms with Crippen molar-refractivity contribution in [3.8, 4) is 5.82 Å². The van der Waals surface area contributed by atoms with Crippen LogP contribution in [0.4, 0.5) is 11.4 Å². The molecule has 5 rings (SSSR count). The topological polar surface area (TPSA) is 94.0 Å². The first kappa shape index (κ1) is 29.2. The highest BCUT2D eigenvalue weighted by molar-refractivity contribution is 7.92. The van der Waals surface area contributed by atoms with E-state index in [9.17, 15) is 13.2 Å². The summed E-state index contributed by atoms with van der Waals surface area (Å²) in [5.74, 6) is 0.0213. The molecule has 1 aliphatic rings. The van der Waals surface area contributed by atoms with Gasteiger partial charge in [-0.3, -0.25) is 9.10 Å². The fourth-order valence-corrected chi connectivity index (χ4v) is 6.75. The van der Waals surface area contributed by atoms with E-state index in [2.05, 4.69) is 9.88 Å². The molecule has 0 radical (unpaired) electrons. The van der Waals surface area contributed by atoms with Crippen molar-refractivity contribution in [3.05, 3.63) is 77.0 Å². The fourth-order valence-electron chi connectivity index (χ4n) is 4.62. The molecule has 2 aromatic carbocycles. The lowest BCUT2D eigenvalue weighted by molar-refractivity contribution is -0.152. The van der Waals surface area contributed by atoms with Gasteiger partial charge in [0.05, 0.1) is 41.2 Å². The fraction of sp³-hybridized carbons (Fsp3) is 0.310. The zero-order valence-corrected chi connectivity index (χ0v) is 25.2. The van der Waals surface area contributed by atoms with E-state index in [1.54, 1.807) is 39.0 Å². The largest absolute Gasteiger partial charge is 0.459 e. The Labute approximate surface area is 249 Å². The van der Waals surface area contributed by atoms with Gasteiger partial charge in [0, 0.05) is 34.7 Å². The molecule has 216 valence electrons. The van der Waals surface area contributed by atoms with Crippen molar-refractivity contribution < 1.29 is 22.7 Å². The molecular weight excluding hydrogens is 587 g/mol. The van der Waals surface area contributed by atoms with Crippen molar-refractivity contribution in [2.45, 2.75) is 31.3 Å². The SMILES string of the molecule is CC(C)(C)OC(=O)CN(c1ccc2c(ccn2-c2ccc(N3CCOCC3)cn2)c1)S(=O)(=O)c1cc(Cl)cc(Cl)c1. The number of ether oxygens (including phenoxy) is 2. The van der Waals surface area contributed by atoms with E-state index in [1.165, 1.54) is 18.2 Å². The number of hydrogen-bond acceptors (Lipinski definition) is 7. The number of esters is 1. The maximum Gasteiger partial charge on any atom is 0.327 e. The Morgan fingerprint density at radius 2 is 1.73 bits per heavy atom. The van der Waals surface area contributed by atoms with Crippen LogP contribution in [0.2, 0.25) is 10.0 Å². The van der Waals surface area contributed by atoms with Crippen LogP contribution in [0.15, 0.2) is 71.9 Å². The van der Waals surface area contributed by atoms with Crippen molar-refractivity contribution in [1.82, 2.24) is 9.55 Å². The van der Waals surface area contributed by atoms with E-state index in [4.69, 9.17) is 32.7 Å². The molecule has 1 fully saturated rings. The lowest BCUT2D eigenvalue weighted by atomic mass is 10.2. The first-order valence-electron chi connectivity index (χ1n) is 13.0. The molecule has 1 saturated heterocycles. The molecule has 0 spiro atoms. The van der Waals surface area contributed by atoms with Crippen molar-refractivity contribution in [1.29, 1.82) is 0 Å². The molecule has 12 heteroatoms. The minimum atomic E-state index is -4.25. The summed E-state index contributed by atoms with van der Waals surface area (Å²) in [6, 6.07) is 15.0. The molecule has 0 saturated carbocycles. The number of morpholine rings is 1. The number of rotatable bonds is 7. The molecule has 4 aromatic rings. The third kappa shape index (κ3) is 6.62. The average molecular weight is 618 g/mol. The van der Waals surface area contributed by atoms with Crippen LogP contribution >= 0.6 is 23.2 Å². The molecular formula is C29H30Cl2N4O5S. The van der Waals surface area contributed by atoms with Gasteiger partial charge >= 0.3 is 5.97 Å². The number of sulfonamides is 1. The lowest BCUT2D eigenvalue weighted by Crippen LogP contribution is -2.39. The minimum Gasteiger partial charge on any atom is -0.459 e. The number of aromatic nitrogens is 2. The molecule has 1 aliphatic heterocycles. The van der Waals surface area contributed by atoms with Gasteiger partial charge in [0.15, 0.2) is 0 Å². The molecule has 0 N–H and O–H groups in total. The summed E-state index contributed by atoms with van der Waals surface area (Å²) < 4.78 is 41.5. The Morgan fingerprint density at radius 3 is 2.37 bits per heavy atom. The highest BCUT2D eigenvalue weighted by Crippen LogP contribution is 2.31. The maximum absolute atomic E-state index is 13.8. The summed E-state index contributed by atoms with van der Waals surface area (Å²) >= 11 is 12.2. The highest BCUT2D eigenvalue weighted by Gasteiger charge is 2.30. The third-order valence-electron chi connectivity index (χ3n) is 6.43. The molecule has 2 aromatic heterocycles. The van der Waals surface area contributed by atoms with E-state index in [-0.39, 0.29) is 20.6 Å². The predicted octanol–water partition coefficient (Wildman–Crippen LogP) is 5.71. The molecule has 3 heterocycles. The zero-order valence-electron chi connectivity index (χ0n) is 22.9. The van der Waals surface area contributed by atoms with E-state index in [1.807, 2.05) is 35.2 Å². The molecule has 0 bridgehead atoms. The van der Waals surface area contributed by atoms with E-state index in [0.717, 1.165) is 39.8 Å². The van der Waals surface area contributed by atoms with Gasteiger partial charge < -0.3 is 18.9 Å². The predicted molar refractivity (Wildman–Crippen MR) is 161 cm³/mol. The van der Waals surface area contributed by atoms with Crippen molar-refractivity contribution in [2.24, 2.45) is 0 Å². The third-order valence-corrected chi connectivity index (χ3v) is 8.62. The number of pyridine rings is 1. The summed E-state index contributed by atoms with van der Waals surface area (Å²) in [6.45, 7) is 7.64. The number of carbonyl (C=O) groups excluding carboxylic acids is 1.